The fraction of sp³-hybridized carbons (Fsp3) is 0.273. The number of urea groups is 1. The molecule has 0 aliphatic rings. The molecule has 0 radical (unpaired) electrons. The fourth-order valence-electron chi connectivity index (χ4n) is 1.11. The molecular formula is C11H11Cl2FN2O4. The smallest absolute Gasteiger partial charge is 0.337 e. The maximum atomic E-state index is 13.5. The van der Waals surface area contributed by atoms with E-state index in [1.807, 2.05) is 0 Å². The van der Waals surface area contributed by atoms with E-state index in [0.29, 0.717) is 0 Å². The first kappa shape index (κ1) is 16.5. The molecule has 1 aromatic carbocycles. The second-order valence-corrected chi connectivity index (χ2v) is 4.95. The van der Waals surface area contributed by atoms with Crippen LogP contribution in [0, 0.1) is 5.82 Å². The predicted octanol–water partition coefficient (Wildman–Crippen LogP) is 2.09. The molecule has 1 aromatic rings. The number of nitrogens with one attached hydrogen (secondary N) is 2. The zero-order valence-electron chi connectivity index (χ0n) is 10.2. The van der Waals surface area contributed by atoms with Gasteiger partial charge in [-0.2, -0.15) is 0 Å². The Balaban J connectivity index is 2.68. The zero-order chi connectivity index (χ0) is 15.5. The van der Waals surface area contributed by atoms with E-state index >= 15 is 0 Å². The van der Waals surface area contributed by atoms with Crippen LogP contribution in [0.3, 0.4) is 0 Å². The minimum Gasteiger partial charge on any atom is -0.479 e. The van der Waals surface area contributed by atoms with Crippen LogP contribution < -0.4 is 10.6 Å². The van der Waals surface area contributed by atoms with Crippen molar-refractivity contribution in [1.29, 1.82) is 0 Å². The van der Waals surface area contributed by atoms with Gasteiger partial charge in [0.15, 0.2) is 5.60 Å². The molecule has 1 unspecified atom stereocenters. The largest absolute Gasteiger partial charge is 0.479 e. The number of carbonyl (C=O) groups is 2. The van der Waals surface area contributed by atoms with Crippen molar-refractivity contribution in [3.05, 3.63) is 28.0 Å². The van der Waals surface area contributed by atoms with Crippen LogP contribution in [0.4, 0.5) is 14.9 Å². The van der Waals surface area contributed by atoms with Crippen molar-refractivity contribution in [2.75, 3.05) is 11.9 Å². The van der Waals surface area contributed by atoms with Crippen LogP contribution in [0.1, 0.15) is 6.92 Å². The molecule has 2 amide bonds. The molecule has 4 N–H and O–H groups in total. The number of carboxylic acid groups (broad SMARTS) is 1. The Bertz CT molecular complexity index is 551. The molecule has 6 nitrogen and oxygen atoms in total. The van der Waals surface area contributed by atoms with Crippen LogP contribution in [-0.2, 0) is 4.79 Å². The number of aliphatic hydroxyl groups is 1. The minimum absolute atomic E-state index is 0.0102. The van der Waals surface area contributed by atoms with Gasteiger partial charge in [-0.25, -0.2) is 14.0 Å². The number of carbonyl (C=O) groups excluding carboxylic acids is 1. The van der Waals surface area contributed by atoms with Gasteiger partial charge in [-0.1, -0.05) is 23.2 Å². The molecule has 1 rings (SSSR count). The topological polar surface area (TPSA) is 98.7 Å². The number of aliphatic carboxylic acids is 1. The van der Waals surface area contributed by atoms with Gasteiger partial charge in [-0.15, -0.1) is 0 Å². The first-order valence-corrected chi connectivity index (χ1v) is 6.04. The number of halogens is 3. The zero-order valence-corrected chi connectivity index (χ0v) is 11.7. The summed E-state index contributed by atoms with van der Waals surface area (Å²) in [4.78, 5) is 22.1. The third kappa shape index (κ3) is 4.22. The molecule has 1 atom stereocenters. The Morgan fingerprint density at radius 3 is 2.45 bits per heavy atom. The molecule has 0 fully saturated rings. The molecular weight excluding hydrogens is 314 g/mol. The van der Waals surface area contributed by atoms with E-state index < -0.39 is 30.0 Å². The fourth-order valence-corrected chi connectivity index (χ4v) is 1.43. The number of amides is 2. The van der Waals surface area contributed by atoms with Gasteiger partial charge in [0.25, 0.3) is 0 Å². The Labute approximate surface area is 123 Å². The van der Waals surface area contributed by atoms with E-state index in [9.17, 15) is 19.1 Å². The standard InChI is InChI=1S/C11H11Cl2FN2O4/c1-11(20,9(17)18)4-15-10(19)16-8-3-6(13)5(12)2-7(8)14/h2-3,20H,4H2,1H3,(H,17,18)(H2,15,16,19). The molecule has 0 aromatic heterocycles. The normalized spacial score (nSPS) is 13.4. The monoisotopic (exact) mass is 324 g/mol. The summed E-state index contributed by atoms with van der Waals surface area (Å²) in [7, 11) is 0. The van der Waals surface area contributed by atoms with E-state index in [0.717, 1.165) is 19.1 Å². The Hall–Kier alpha value is -1.57. The third-order valence-corrected chi connectivity index (χ3v) is 3.03. The molecule has 0 saturated heterocycles. The summed E-state index contributed by atoms with van der Waals surface area (Å²) < 4.78 is 13.5. The molecule has 0 heterocycles. The lowest BCUT2D eigenvalue weighted by atomic mass is 10.1. The lowest BCUT2D eigenvalue weighted by Crippen LogP contribution is -2.47. The van der Waals surface area contributed by atoms with Gasteiger partial charge in [0.2, 0.25) is 0 Å². The second kappa shape index (κ2) is 6.25. The summed E-state index contributed by atoms with van der Waals surface area (Å²) in [6, 6.07) is 1.13. The van der Waals surface area contributed by atoms with Crippen molar-refractivity contribution in [3.8, 4) is 0 Å². The van der Waals surface area contributed by atoms with E-state index in [1.165, 1.54) is 0 Å². The molecule has 0 aliphatic heterocycles. The highest BCUT2D eigenvalue weighted by Crippen LogP contribution is 2.27. The number of benzene rings is 1. The SMILES string of the molecule is CC(O)(CNC(=O)Nc1cc(Cl)c(Cl)cc1F)C(=O)O. The second-order valence-electron chi connectivity index (χ2n) is 4.13. The average molecular weight is 325 g/mol. The van der Waals surface area contributed by atoms with Crippen LogP contribution in [0.15, 0.2) is 12.1 Å². The summed E-state index contributed by atoms with van der Waals surface area (Å²) in [5.74, 6) is -2.31. The summed E-state index contributed by atoms with van der Waals surface area (Å²) in [6.45, 7) is 0.451. The highest BCUT2D eigenvalue weighted by Gasteiger charge is 2.30. The summed E-state index contributed by atoms with van der Waals surface area (Å²) in [5, 5.41) is 22.3. The summed E-state index contributed by atoms with van der Waals surface area (Å²) >= 11 is 11.3. The molecule has 0 bridgehead atoms. The molecule has 0 aliphatic carbocycles. The van der Waals surface area contributed by atoms with E-state index in [4.69, 9.17) is 28.3 Å². The van der Waals surface area contributed by atoms with Crippen LogP contribution in [0.5, 0.6) is 0 Å². The highest BCUT2D eigenvalue weighted by molar-refractivity contribution is 6.42. The minimum atomic E-state index is -2.13. The quantitative estimate of drug-likeness (QED) is 0.637. The van der Waals surface area contributed by atoms with E-state index in [-0.39, 0.29) is 15.7 Å². The molecule has 0 spiro atoms. The third-order valence-electron chi connectivity index (χ3n) is 2.31. The number of rotatable bonds is 4. The Morgan fingerprint density at radius 2 is 1.90 bits per heavy atom. The van der Waals surface area contributed by atoms with Crippen molar-refractivity contribution in [3.63, 3.8) is 0 Å². The van der Waals surface area contributed by atoms with Crippen molar-refractivity contribution in [1.82, 2.24) is 5.32 Å². The predicted molar refractivity (Wildman–Crippen MR) is 71.7 cm³/mol. The summed E-state index contributed by atoms with van der Waals surface area (Å²) in [5.41, 5.74) is -2.36. The van der Waals surface area contributed by atoms with E-state index in [1.54, 1.807) is 0 Å². The summed E-state index contributed by atoms with van der Waals surface area (Å²) in [6.07, 6.45) is 0. The number of carboxylic acids is 1. The number of hydrogen-bond acceptors (Lipinski definition) is 3. The molecule has 0 saturated carbocycles. The van der Waals surface area contributed by atoms with Crippen LogP contribution in [0.25, 0.3) is 0 Å². The lowest BCUT2D eigenvalue weighted by molar-refractivity contribution is -0.155. The van der Waals surface area contributed by atoms with Gasteiger partial charge in [-0.3, -0.25) is 0 Å². The lowest BCUT2D eigenvalue weighted by Gasteiger charge is -2.18. The molecule has 110 valence electrons. The first-order chi connectivity index (χ1) is 9.13. The van der Waals surface area contributed by atoms with Crippen molar-refractivity contribution < 1.29 is 24.2 Å². The maximum Gasteiger partial charge on any atom is 0.337 e. The van der Waals surface area contributed by atoms with E-state index in [2.05, 4.69) is 10.6 Å². The van der Waals surface area contributed by atoms with Crippen molar-refractivity contribution in [2.45, 2.75) is 12.5 Å². The van der Waals surface area contributed by atoms with Gasteiger partial charge in [0.05, 0.1) is 22.3 Å². The van der Waals surface area contributed by atoms with Crippen LogP contribution >= 0.6 is 23.2 Å². The van der Waals surface area contributed by atoms with Crippen molar-refractivity contribution in [2.24, 2.45) is 0 Å². The molecule has 9 heteroatoms. The Morgan fingerprint density at radius 1 is 1.35 bits per heavy atom. The van der Waals surface area contributed by atoms with Crippen LogP contribution in [-0.4, -0.2) is 34.4 Å². The van der Waals surface area contributed by atoms with Gasteiger partial charge in [0.1, 0.15) is 5.82 Å². The number of anilines is 1. The van der Waals surface area contributed by atoms with Gasteiger partial charge >= 0.3 is 12.0 Å². The van der Waals surface area contributed by atoms with Gasteiger partial charge in [0, 0.05) is 0 Å². The first-order valence-electron chi connectivity index (χ1n) is 5.28. The maximum absolute atomic E-state index is 13.5. The average Bonchev–Trinajstić information content (AvgIpc) is 2.33. The van der Waals surface area contributed by atoms with Gasteiger partial charge in [-0.05, 0) is 19.1 Å². The molecule has 20 heavy (non-hydrogen) atoms. The van der Waals surface area contributed by atoms with Gasteiger partial charge < -0.3 is 20.8 Å². The Kier molecular flexibility index (Phi) is 5.15. The van der Waals surface area contributed by atoms with Crippen molar-refractivity contribution >= 4 is 40.9 Å². The number of hydrogen-bond donors (Lipinski definition) is 4. The van der Waals surface area contributed by atoms with Crippen LogP contribution in [0.2, 0.25) is 10.0 Å². The highest BCUT2D eigenvalue weighted by atomic mass is 35.5.